The lowest BCUT2D eigenvalue weighted by molar-refractivity contribution is 0.0628. The summed E-state index contributed by atoms with van der Waals surface area (Å²) in [4.78, 5) is 17.3. The van der Waals surface area contributed by atoms with Gasteiger partial charge in [-0.15, -0.1) is 0 Å². The number of amides is 1. The molecule has 0 spiro atoms. The van der Waals surface area contributed by atoms with Crippen LogP contribution in [0.1, 0.15) is 15.9 Å². The highest BCUT2D eigenvalue weighted by Gasteiger charge is 2.23. The quantitative estimate of drug-likeness (QED) is 0.666. The van der Waals surface area contributed by atoms with E-state index in [4.69, 9.17) is 14.2 Å². The van der Waals surface area contributed by atoms with Gasteiger partial charge in [0.25, 0.3) is 5.91 Å². The molecule has 3 aromatic carbocycles. The maximum Gasteiger partial charge on any atom is 0.253 e. The van der Waals surface area contributed by atoms with E-state index in [1.807, 2.05) is 53.4 Å². The molecule has 1 saturated heterocycles. The predicted molar refractivity (Wildman–Crippen MR) is 114 cm³/mol. The lowest BCUT2D eigenvalue weighted by Crippen LogP contribution is -2.48. The Morgan fingerprint density at radius 3 is 2.50 bits per heavy atom. The molecule has 6 heteroatoms. The SMILES string of the molecule is COc1ccc2cc(C(=O)N3CCN(Cc4ccc5c(c4)OCO5)CC3)ccc2c1. The zero-order valence-electron chi connectivity index (χ0n) is 17.0. The fraction of sp³-hybridized carbons (Fsp3) is 0.292. The van der Waals surface area contributed by atoms with Gasteiger partial charge in [0.05, 0.1) is 7.11 Å². The number of nitrogens with zero attached hydrogens (tertiary/aromatic N) is 2. The van der Waals surface area contributed by atoms with E-state index in [1.165, 1.54) is 5.56 Å². The van der Waals surface area contributed by atoms with Crippen LogP contribution in [0.5, 0.6) is 17.2 Å². The van der Waals surface area contributed by atoms with Gasteiger partial charge in [-0.3, -0.25) is 9.69 Å². The van der Waals surface area contributed by atoms with Crippen molar-refractivity contribution in [2.75, 3.05) is 40.1 Å². The number of ether oxygens (including phenoxy) is 3. The first-order valence-electron chi connectivity index (χ1n) is 10.2. The van der Waals surface area contributed by atoms with Gasteiger partial charge in [-0.1, -0.05) is 18.2 Å². The Bertz CT molecular complexity index is 1090. The van der Waals surface area contributed by atoms with Gasteiger partial charge in [0, 0.05) is 38.3 Å². The first-order chi connectivity index (χ1) is 14.7. The summed E-state index contributed by atoms with van der Waals surface area (Å²) in [7, 11) is 1.66. The molecule has 0 N–H and O–H groups in total. The monoisotopic (exact) mass is 404 g/mol. The number of hydrogen-bond donors (Lipinski definition) is 0. The zero-order valence-corrected chi connectivity index (χ0v) is 17.0. The van der Waals surface area contributed by atoms with Crippen LogP contribution < -0.4 is 14.2 Å². The summed E-state index contributed by atoms with van der Waals surface area (Å²) in [5, 5.41) is 2.11. The molecule has 0 aliphatic carbocycles. The number of benzene rings is 3. The normalized spacial score (nSPS) is 16.1. The van der Waals surface area contributed by atoms with E-state index in [1.54, 1.807) is 7.11 Å². The Hall–Kier alpha value is -3.25. The van der Waals surface area contributed by atoms with E-state index >= 15 is 0 Å². The molecule has 1 amide bonds. The minimum atomic E-state index is 0.0930. The fourth-order valence-corrected chi connectivity index (χ4v) is 4.07. The Kier molecular flexibility index (Phi) is 4.93. The topological polar surface area (TPSA) is 51.2 Å². The van der Waals surface area contributed by atoms with Crippen molar-refractivity contribution in [2.24, 2.45) is 0 Å². The third-order valence-electron chi connectivity index (χ3n) is 5.80. The summed E-state index contributed by atoms with van der Waals surface area (Å²) in [6.45, 7) is 4.29. The number of carbonyl (C=O) groups excluding carboxylic acids is 1. The molecule has 3 aromatic rings. The molecule has 0 bridgehead atoms. The summed E-state index contributed by atoms with van der Waals surface area (Å²) in [5.41, 5.74) is 1.93. The van der Waals surface area contributed by atoms with Crippen LogP contribution in [0.4, 0.5) is 0 Å². The van der Waals surface area contributed by atoms with Crippen LogP contribution in [0.2, 0.25) is 0 Å². The van der Waals surface area contributed by atoms with Crippen LogP contribution in [0.15, 0.2) is 54.6 Å². The summed E-state index contributed by atoms with van der Waals surface area (Å²) in [6, 6.07) is 17.9. The van der Waals surface area contributed by atoms with Crippen molar-refractivity contribution in [1.29, 1.82) is 0 Å². The number of rotatable bonds is 4. The van der Waals surface area contributed by atoms with Crippen molar-refractivity contribution in [3.63, 3.8) is 0 Å². The van der Waals surface area contributed by atoms with Crippen molar-refractivity contribution in [3.05, 3.63) is 65.7 Å². The average Bonchev–Trinajstić information content (AvgIpc) is 3.26. The van der Waals surface area contributed by atoms with Crippen molar-refractivity contribution in [2.45, 2.75) is 6.54 Å². The number of fused-ring (bicyclic) bond motifs is 2. The van der Waals surface area contributed by atoms with Crippen molar-refractivity contribution < 1.29 is 19.0 Å². The Morgan fingerprint density at radius 1 is 0.900 bits per heavy atom. The maximum absolute atomic E-state index is 13.0. The molecule has 30 heavy (non-hydrogen) atoms. The van der Waals surface area contributed by atoms with Crippen LogP contribution in [-0.2, 0) is 6.54 Å². The van der Waals surface area contributed by atoms with Crippen LogP contribution in [0.3, 0.4) is 0 Å². The van der Waals surface area contributed by atoms with E-state index < -0.39 is 0 Å². The fourth-order valence-electron chi connectivity index (χ4n) is 4.07. The number of piperazine rings is 1. The van der Waals surface area contributed by atoms with Gasteiger partial charge in [0.2, 0.25) is 6.79 Å². The predicted octanol–water partition coefficient (Wildman–Crippen LogP) is 3.54. The van der Waals surface area contributed by atoms with E-state index in [0.29, 0.717) is 6.79 Å². The second-order valence-electron chi connectivity index (χ2n) is 7.68. The summed E-state index contributed by atoms with van der Waals surface area (Å²) in [6.07, 6.45) is 0. The molecule has 2 heterocycles. The number of hydrogen-bond acceptors (Lipinski definition) is 5. The molecular formula is C24H24N2O4. The third-order valence-corrected chi connectivity index (χ3v) is 5.80. The van der Waals surface area contributed by atoms with Crippen LogP contribution in [0.25, 0.3) is 10.8 Å². The summed E-state index contributed by atoms with van der Waals surface area (Å²) >= 11 is 0. The molecule has 0 atom stereocenters. The highest BCUT2D eigenvalue weighted by atomic mass is 16.7. The molecular weight excluding hydrogens is 380 g/mol. The smallest absolute Gasteiger partial charge is 0.253 e. The second-order valence-corrected chi connectivity index (χ2v) is 7.68. The molecule has 0 saturated carbocycles. The van der Waals surface area contributed by atoms with Gasteiger partial charge in [-0.2, -0.15) is 0 Å². The first-order valence-corrected chi connectivity index (χ1v) is 10.2. The molecule has 5 rings (SSSR count). The molecule has 1 fully saturated rings. The lowest BCUT2D eigenvalue weighted by Gasteiger charge is -2.34. The van der Waals surface area contributed by atoms with E-state index in [9.17, 15) is 4.79 Å². The highest BCUT2D eigenvalue weighted by Crippen LogP contribution is 2.33. The third kappa shape index (κ3) is 3.66. The summed E-state index contributed by atoms with van der Waals surface area (Å²) in [5.74, 6) is 2.54. The van der Waals surface area contributed by atoms with Gasteiger partial charge in [-0.05, 0) is 52.7 Å². The minimum absolute atomic E-state index is 0.0930. The molecule has 2 aliphatic heterocycles. The standard InChI is InChI=1S/C24H24N2O4/c1-28-21-6-5-18-13-20(4-3-19(18)14-21)24(27)26-10-8-25(9-11-26)15-17-2-7-22-23(12-17)30-16-29-22/h2-7,12-14H,8-11,15-16H2,1H3. The van der Waals surface area contributed by atoms with Crippen LogP contribution >= 0.6 is 0 Å². The van der Waals surface area contributed by atoms with E-state index in [-0.39, 0.29) is 5.91 Å². The Morgan fingerprint density at radius 2 is 1.67 bits per heavy atom. The second kappa shape index (κ2) is 7.88. The number of methoxy groups -OCH3 is 1. The van der Waals surface area contributed by atoms with Crippen LogP contribution in [-0.4, -0.2) is 55.8 Å². The van der Waals surface area contributed by atoms with Gasteiger partial charge in [-0.25, -0.2) is 0 Å². The molecule has 2 aliphatic rings. The van der Waals surface area contributed by atoms with Gasteiger partial charge < -0.3 is 19.1 Å². The van der Waals surface area contributed by atoms with Gasteiger partial charge >= 0.3 is 0 Å². The van der Waals surface area contributed by atoms with Gasteiger partial charge in [0.1, 0.15) is 5.75 Å². The molecule has 0 unspecified atom stereocenters. The van der Waals surface area contributed by atoms with E-state index in [0.717, 1.165) is 66.3 Å². The summed E-state index contributed by atoms with van der Waals surface area (Å²) < 4.78 is 16.1. The van der Waals surface area contributed by atoms with Gasteiger partial charge in [0.15, 0.2) is 11.5 Å². The zero-order chi connectivity index (χ0) is 20.5. The van der Waals surface area contributed by atoms with Crippen molar-refractivity contribution in [1.82, 2.24) is 9.80 Å². The van der Waals surface area contributed by atoms with E-state index in [2.05, 4.69) is 11.0 Å². The largest absolute Gasteiger partial charge is 0.497 e. The lowest BCUT2D eigenvalue weighted by atomic mass is 10.1. The Balaban J connectivity index is 1.22. The first kappa shape index (κ1) is 18.8. The molecule has 0 radical (unpaired) electrons. The molecule has 0 aromatic heterocycles. The van der Waals surface area contributed by atoms with Crippen molar-refractivity contribution in [3.8, 4) is 17.2 Å². The maximum atomic E-state index is 13.0. The molecule has 154 valence electrons. The average molecular weight is 404 g/mol. The molecule has 6 nitrogen and oxygen atoms in total. The Labute approximate surface area is 175 Å². The number of carbonyl (C=O) groups is 1. The van der Waals surface area contributed by atoms with Crippen LogP contribution in [0, 0.1) is 0 Å². The van der Waals surface area contributed by atoms with Crippen molar-refractivity contribution >= 4 is 16.7 Å². The highest BCUT2D eigenvalue weighted by molar-refractivity contribution is 5.98. The minimum Gasteiger partial charge on any atom is -0.497 e.